The second kappa shape index (κ2) is 10.6. The molecule has 1 aliphatic heterocycles. The van der Waals surface area contributed by atoms with Gasteiger partial charge in [-0.05, 0) is 56.3 Å². The summed E-state index contributed by atoms with van der Waals surface area (Å²) >= 11 is 0. The quantitative estimate of drug-likeness (QED) is 0.437. The molecule has 0 N–H and O–H groups in total. The van der Waals surface area contributed by atoms with Crippen molar-refractivity contribution in [1.29, 1.82) is 0 Å². The number of carbonyl (C=O) groups excluding carboxylic acids is 1. The molecule has 0 unspecified atom stereocenters. The fourth-order valence-electron chi connectivity index (χ4n) is 3.89. The molecule has 2 aromatic carbocycles. The Hall–Kier alpha value is -3.59. The Labute approximate surface area is 197 Å². The monoisotopic (exact) mass is 469 g/mol. The molecular weight excluding hydrogens is 441 g/mol. The van der Waals surface area contributed by atoms with Gasteiger partial charge in [0.25, 0.3) is 5.91 Å². The van der Waals surface area contributed by atoms with E-state index in [0.29, 0.717) is 60.4 Å². The summed E-state index contributed by atoms with van der Waals surface area (Å²) in [6, 6.07) is 11.2. The highest BCUT2D eigenvalue weighted by Gasteiger charge is 2.27. The van der Waals surface area contributed by atoms with Crippen LogP contribution in [0.5, 0.6) is 11.5 Å². The van der Waals surface area contributed by atoms with Crippen LogP contribution in [0.4, 0.5) is 10.3 Å². The minimum atomic E-state index is -0.336. The Morgan fingerprint density at radius 1 is 1.09 bits per heavy atom. The number of nitrogens with zero attached hydrogens (tertiary/aromatic N) is 3. The molecule has 1 aromatic heterocycles. The van der Waals surface area contributed by atoms with E-state index >= 15 is 0 Å². The van der Waals surface area contributed by atoms with E-state index in [1.165, 1.54) is 12.1 Å². The lowest BCUT2D eigenvalue weighted by Crippen LogP contribution is -2.34. The number of rotatable bonds is 10. The lowest BCUT2D eigenvalue weighted by Gasteiger charge is -2.25. The third kappa shape index (κ3) is 4.84. The second-order valence-corrected chi connectivity index (χ2v) is 7.78. The van der Waals surface area contributed by atoms with Crippen LogP contribution in [-0.4, -0.2) is 56.1 Å². The first-order chi connectivity index (χ1) is 16.5. The number of amides is 1. The lowest BCUT2D eigenvalue weighted by atomic mass is 10.1. The first-order valence-corrected chi connectivity index (χ1v) is 11.2. The van der Waals surface area contributed by atoms with Crippen LogP contribution in [0, 0.1) is 5.82 Å². The zero-order chi connectivity index (χ0) is 24.1. The summed E-state index contributed by atoms with van der Waals surface area (Å²) in [6.07, 6.45) is 0. The van der Waals surface area contributed by atoms with Crippen LogP contribution in [-0.2, 0) is 11.3 Å². The van der Waals surface area contributed by atoms with Gasteiger partial charge < -0.3 is 28.5 Å². The van der Waals surface area contributed by atoms with Crippen molar-refractivity contribution in [3.8, 4) is 22.8 Å². The molecule has 0 saturated heterocycles. The highest BCUT2D eigenvalue weighted by atomic mass is 19.1. The summed E-state index contributed by atoms with van der Waals surface area (Å²) in [6.45, 7) is 6.53. The number of ether oxygens (including phenoxy) is 3. The number of aromatic nitrogens is 1. The number of halogens is 1. The summed E-state index contributed by atoms with van der Waals surface area (Å²) in [5, 5.41) is 4.30. The molecule has 180 valence electrons. The summed E-state index contributed by atoms with van der Waals surface area (Å²) in [5.41, 5.74) is 2.51. The predicted molar refractivity (Wildman–Crippen MR) is 125 cm³/mol. The fourth-order valence-corrected chi connectivity index (χ4v) is 3.89. The summed E-state index contributed by atoms with van der Waals surface area (Å²) in [4.78, 5) is 17.3. The zero-order valence-corrected chi connectivity index (χ0v) is 19.5. The van der Waals surface area contributed by atoms with E-state index in [1.807, 2.05) is 18.7 Å². The molecule has 0 bridgehead atoms. The Balaban J connectivity index is 1.71. The largest absolute Gasteiger partial charge is 0.454 e. The van der Waals surface area contributed by atoms with Gasteiger partial charge in [0.2, 0.25) is 12.7 Å². The summed E-state index contributed by atoms with van der Waals surface area (Å²) < 4.78 is 35.4. The maximum atomic E-state index is 13.5. The Morgan fingerprint density at radius 3 is 2.53 bits per heavy atom. The van der Waals surface area contributed by atoms with E-state index in [0.717, 1.165) is 5.56 Å². The molecule has 34 heavy (non-hydrogen) atoms. The number of hydrogen-bond acceptors (Lipinski definition) is 7. The summed E-state index contributed by atoms with van der Waals surface area (Å²) in [7, 11) is 1.59. The van der Waals surface area contributed by atoms with E-state index in [-0.39, 0.29) is 25.1 Å². The topological polar surface area (TPSA) is 77.3 Å². The average molecular weight is 470 g/mol. The molecule has 2 heterocycles. The zero-order valence-electron chi connectivity index (χ0n) is 19.5. The first-order valence-electron chi connectivity index (χ1n) is 11.2. The standard InChI is InChI=1S/C25H28FN3O5/c1-4-28(5-2)25-20(23(27-34-25)17-6-9-19(26)10-7-17)15-29(12-13-31-3)24(30)18-8-11-21-22(14-18)33-16-32-21/h6-11,14H,4-5,12-13,15-16H2,1-3H3. The van der Waals surface area contributed by atoms with Gasteiger partial charge in [0.05, 0.1) is 18.7 Å². The van der Waals surface area contributed by atoms with Crippen molar-refractivity contribution in [2.24, 2.45) is 0 Å². The van der Waals surface area contributed by atoms with Crippen molar-refractivity contribution in [2.45, 2.75) is 20.4 Å². The SMILES string of the molecule is CCN(CC)c1onc(-c2ccc(F)cc2)c1CN(CCOC)C(=O)c1ccc2c(c1)OCO2. The van der Waals surface area contributed by atoms with Crippen molar-refractivity contribution in [3.63, 3.8) is 0 Å². The molecule has 9 heteroatoms. The van der Waals surface area contributed by atoms with Crippen molar-refractivity contribution in [1.82, 2.24) is 10.1 Å². The van der Waals surface area contributed by atoms with Crippen LogP contribution in [0.3, 0.4) is 0 Å². The molecule has 1 aliphatic rings. The minimum absolute atomic E-state index is 0.134. The number of carbonyl (C=O) groups is 1. The van der Waals surface area contributed by atoms with E-state index in [9.17, 15) is 9.18 Å². The lowest BCUT2D eigenvalue weighted by molar-refractivity contribution is 0.0680. The van der Waals surface area contributed by atoms with Crippen LogP contribution in [0.25, 0.3) is 11.3 Å². The third-order valence-corrected chi connectivity index (χ3v) is 5.76. The molecule has 1 amide bonds. The Bertz CT molecular complexity index is 1130. The van der Waals surface area contributed by atoms with Gasteiger partial charge in [-0.2, -0.15) is 0 Å². The van der Waals surface area contributed by atoms with E-state index in [2.05, 4.69) is 5.16 Å². The van der Waals surface area contributed by atoms with Crippen LogP contribution >= 0.6 is 0 Å². The van der Waals surface area contributed by atoms with Crippen LogP contribution in [0.2, 0.25) is 0 Å². The molecular formula is C25H28FN3O5. The molecule has 4 rings (SSSR count). The molecule has 8 nitrogen and oxygen atoms in total. The molecule has 0 radical (unpaired) electrons. The van der Waals surface area contributed by atoms with E-state index < -0.39 is 0 Å². The van der Waals surface area contributed by atoms with Gasteiger partial charge in [0.1, 0.15) is 11.5 Å². The Kier molecular flexibility index (Phi) is 7.32. The van der Waals surface area contributed by atoms with Crippen molar-refractivity contribution < 1.29 is 27.9 Å². The van der Waals surface area contributed by atoms with E-state index in [1.54, 1.807) is 42.3 Å². The predicted octanol–water partition coefficient (Wildman–Crippen LogP) is 4.34. The van der Waals surface area contributed by atoms with Crippen LogP contribution in [0.1, 0.15) is 29.8 Å². The smallest absolute Gasteiger partial charge is 0.254 e. The average Bonchev–Trinajstić information content (AvgIpc) is 3.49. The molecule has 0 spiro atoms. The second-order valence-electron chi connectivity index (χ2n) is 7.78. The summed E-state index contributed by atoms with van der Waals surface area (Å²) in [5.74, 6) is 1.22. The van der Waals surface area contributed by atoms with Crippen LogP contribution in [0.15, 0.2) is 47.0 Å². The molecule has 0 fully saturated rings. The van der Waals surface area contributed by atoms with Gasteiger partial charge >= 0.3 is 0 Å². The minimum Gasteiger partial charge on any atom is -0.454 e. The van der Waals surface area contributed by atoms with Gasteiger partial charge in [0, 0.05) is 37.9 Å². The van der Waals surface area contributed by atoms with Gasteiger partial charge in [-0.1, -0.05) is 5.16 Å². The van der Waals surface area contributed by atoms with Gasteiger partial charge in [0.15, 0.2) is 11.5 Å². The van der Waals surface area contributed by atoms with Crippen molar-refractivity contribution in [3.05, 3.63) is 59.4 Å². The number of benzene rings is 2. The number of hydrogen-bond donors (Lipinski definition) is 0. The highest BCUT2D eigenvalue weighted by Crippen LogP contribution is 2.35. The normalized spacial score (nSPS) is 12.1. The van der Waals surface area contributed by atoms with E-state index in [4.69, 9.17) is 18.7 Å². The molecule has 3 aromatic rings. The number of methoxy groups -OCH3 is 1. The van der Waals surface area contributed by atoms with Gasteiger partial charge in [-0.25, -0.2) is 4.39 Å². The molecule has 0 saturated carbocycles. The van der Waals surface area contributed by atoms with Crippen molar-refractivity contribution >= 4 is 11.8 Å². The maximum absolute atomic E-state index is 13.5. The van der Waals surface area contributed by atoms with Crippen LogP contribution < -0.4 is 14.4 Å². The van der Waals surface area contributed by atoms with Gasteiger partial charge in [-0.3, -0.25) is 4.79 Å². The fraction of sp³-hybridized carbons (Fsp3) is 0.360. The maximum Gasteiger partial charge on any atom is 0.254 e. The molecule has 0 aliphatic carbocycles. The number of anilines is 1. The third-order valence-electron chi connectivity index (χ3n) is 5.76. The highest BCUT2D eigenvalue weighted by molar-refractivity contribution is 5.95. The number of fused-ring (bicyclic) bond motifs is 1. The van der Waals surface area contributed by atoms with Gasteiger partial charge in [-0.15, -0.1) is 0 Å². The first kappa shape index (κ1) is 23.6. The Morgan fingerprint density at radius 2 is 1.82 bits per heavy atom. The molecule has 0 atom stereocenters. The van der Waals surface area contributed by atoms with Crippen molar-refractivity contribution in [2.75, 3.05) is 45.0 Å².